The van der Waals surface area contributed by atoms with E-state index in [9.17, 15) is 4.79 Å². The molecule has 0 bridgehead atoms. The Bertz CT molecular complexity index is 820. The number of nitrogen functional groups attached to an aromatic ring is 1. The fourth-order valence-corrected chi connectivity index (χ4v) is 4.04. The van der Waals surface area contributed by atoms with Gasteiger partial charge in [0, 0.05) is 63.4 Å². The quantitative estimate of drug-likeness (QED) is 0.864. The molecule has 27 heavy (non-hydrogen) atoms. The summed E-state index contributed by atoms with van der Waals surface area (Å²) in [6.45, 7) is 2.41. The largest absolute Gasteiger partial charge is 0.384 e. The number of carbonyl (C=O) groups is 1. The highest BCUT2D eigenvalue weighted by atomic mass is 16.5. The molecule has 8 heteroatoms. The van der Waals surface area contributed by atoms with Gasteiger partial charge in [0.2, 0.25) is 5.91 Å². The maximum atomic E-state index is 12.0. The summed E-state index contributed by atoms with van der Waals surface area (Å²) in [6.07, 6.45) is 6.99. The third-order valence-electron chi connectivity index (χ3n) is 5.47. The van der Waals surface area contributed by atoms with Gasteiger partial charge >= 0.3 is 0 Å². The molecule has 3 atom stereocenters. The van der Waals surface area contributed by atoms with E-state index >= 15 is 0 Å². The third kappa shape index (κ3) is 3.68. The molecule has 0 saturated carbocycles. The van der Waals surface area contributed by atoms with Crippen LogP contribution in [0.2, 0.25) is 0 Å². The van der Waals surface area contributed by atoms with E-state index in [2.05, 4.69) is 19.4 Å². The molecule has 0 radical (unpaired) electrons. The molecule has 0 aromatic carbocycles. The highest BCUT2D eigenvalue weighted by Gasteiger charge is 2.39. The van der Waals surface area contributed by atoms with Crippen LogP contribution in [0.15, 0.2) is 30.7 Å². The van der Waals surface area contributed by atoms with Crippen molar-refractivity contribution in [2.75, 3.05) is 39.5 Å². The number of imidazole rings is 1. The average Bonchev–Trinajstić information content (AvgIpc) is 3.27. The van der Waals surface area contributed by atoms with Gasteiger partial charge in [-0.2, -0.15) is 0 Å². The van der Waals surface area contributed by atoms with Crippen LogP contribution in [-0.4, -0.2) is 76.2 Å². The molecule has 4 heterocycles. The number of carbonyl (C=O) groups excluding carboxylic acids is 1. The van der Waals surface area contributed by atoms with E-state index in [1.807, 2.05) is 24.5 Å². The lowest BCUT2D eigenvalue weighted by atomic mass is 10.1. The van der Waals surface area contributed by atoms with Gasteiger partial charge in [0.15, 0.2) is 0 Å². The van der Waals surface area contributed by atoms with Crippen molar-refractivity contribution in [3.63, 3.8) is 0 Å². The number of nitrogens with zero attached hydrogens (tertiary/aromatic N) is 5. The van der Waals surface area contributed by atoms with Crippen molar-refractivity contribution >= 4 is 11.7 Å². The fourth-order valence-electron chi connectivity index (χ4n) is 4.04. The predicted molar refractivity (Wildman–Crippen MR) is 102 cm³/mol. The molecule has 2 aromatic heterocycles. The summed E-state index contributed by atoms with van der Waals surface area (Å²) in [7, 11) is 3.57. The lowest BCUT2D eigenvalue weighted by Crippen LogP contribution is -2.47. The van der Waals surface area contributed by atoms with Crippen molar-refractivity contribution in [2.45, 2.75) is 31.0 Å². The molecule has 2 aliphatic rings. The number of amides is 1. The Hall–Kier alpha value is -2.45. The van der Waals surface area contributed by atoms with Crippen LogP contribution < -0.4 is 5.73 Å². The van der Waals surface area contributed by atoms with Gasteiger partial charge in [0.1, 0.15) is 11.6 Å². The molecule has 0 spiro atoms. The van der Waals surface area contributed by atoms with E-state index in [1.165, 1.54) is 0 Å². The Morgan fingerprint density at radius 3 is 2.93 bits per heavy atom. The predicted octanol–water partition coefficient (Wildman–Crippen LogP) is 1.02. The summed E-state index contributed by atoms with van der Waals surface area (Å²) in [6, 6.07) is 4.50. The van der Waals surface area contributed by atoms with Crippen LogP contribution in [0.1, 0.15) is 18.9 Å². The first-order chi connectivity index (χ1) is 13.0. The number of rotatable bonds is 4. The number of fused-ring (bicyclic) bond motifs is 1. The maximum Gasteiger partial charge on any atom is 0.224 e. The first-order valence-electron chi connectivity index (χ1n) is 9.32. The number of aromatic nitrogens is 3. The van der Waals surface area contributed by atoms with E-state index in [0.29, 0.717) is 30.9 Å². The summed E-state index contributed by atoms with van der Waals surface area (Å²) in [5.74, 6) is 1.52. The number of pyridine rings is 1. The van der Waals surface area contributed by atoms with Gasteiger partial charge in [-0.3, -0.25) is 9.69 Å². The van der Waals surface area contributed by atoms with Gasteiger partial charge in [0.05, 0.1) is 19.1 Å². The lowest BCUT2D eigenvalue weighted by Gasteiger charge is -2.35. The van der Waals surface area contributed by atoms with Crippen LogP contribution in [0.3, 0.4) is 0 Å². The Morgan fingerprint density at radius 1 is 1.30 bits per heavy atom. The standard InChI is InChI=1S/C19H26N6O2/c1-23(2)18(26)9-16-11-24-10-14(8-15(24)12-27-16)25-6-5-22-19(25)13-3-4-21-17(20)7-13/h3-7,14-16H,8-12H2,1-2H3,(H2,20,21)/t14-,15+,16+/m1/s1. The highest BCUT2D eigenvalue weighted by Crippen LogP contribution is 2.34. The molecule has 2 aromatic rings. The lowest BCUT2D eigenvalue weighted by molar-refractivity contribution is -0.134. The zero-order valence-electron chi connectivity index (χ0n) is 15.8. The van der Waals surface area contributed by atoms with E-state index in [0.717, 1.165) is 30.9 Å². The molecule has 0 unspecified atom stereocenters. The summed E-state index contributed by atoms with van der Waals surface area (Å²) in [5.41, 5.74) is 6.81. The van der Waals surface area contributed by atoms with E-state index in [4.69, 9.17) is 10.5 Å². The molecule has 2 saturated heterocycles. The fraction of sp³-hybridized carbons (Fsp3) is 0.526. The molecule has 4 rings (SSSR count). The van der Waals surface area contributed by atoms with Gasteiger partial charge in [0.25, 0.3) is 0 Å². The zero-order chi connectivity index (χ0) is 19.0. The van der Waals surface area contributed by atoms with Crippen molar-refractivity contribution in [2.24, 2.45) is 0 Å². The Morgan fingerprint density at radius 2 is 2.15 bits per heavy atom. The molecular formula is C19H26N6O2. The van der Waals surface area contributed by atoms with Crippen LogP contribution in [0.5, 0.6) is 0 Å². The second kappa shape index (κ2) is 7.28. The van der Waals surface area contributed by atoms with Gasteiger partial charge in [-0.05, 0) is 18.6 Å². The molecule has 8 nitrogen and oxygen atoms in total. The molecule has 2 fully saturated rings. The third-order valence-corrected chi connectivity index (χ3v) is 5.47. The first-order valence-corrected chi connectivity index (χ1v) is 9.32. The first kappa shape index (κ1) is 17.9. The van der Waals surface area contributed by atoms with Gasteiger partial charge in [-0.15, -0.1) is 0 Å². The highest BCUT2D eigenvalue weighted by molar-refractivity contribution is 5.76. The summed E-state index contributed by atoms with van der Waals surface area (Å²) < 4.78 is 8.20. The van der Waals surface area contributed by atoms with Crippen LogP contribution in [0, 0.1) is 0 Å². The van der Waals surface area contributed by atoms with Gasteiger partial charge in [-0.25, -0.2) is 9.97 Å². The number of hydrogen-bond donors (Lipinski definition) is 1. The van der Waals surface area contributed by atoms with Crippen molar-refractivity contribution in [1.82, 2.24) is 24.3 Å². The molecule has 2 aliphatic heterocycles. The topological polar surface area (TPSA) is 89.5 Å². The van der Waals surface area contributed by atoms with Crippen molar-refractivity contribution in [3.05, 3.63) is 30.7 Å². The number of ether oxygens (including phenoxy) is 1. The Balaban J connectivity index is 1.46. The molecule has 1 amide bonds. The monoisotopic (exact) mass is 370 g/mol. The smallest absolute Gasteiger partial charge is 0.224 e. The molecule has 0 aliphatic carbocycles. The summed E-state index contributed by atoms with van der Waals surface area (Å²) in [5, 5.41) is 0. The van der Waals surface area contributed by atoms with Crippen LogP contribution in [0.4, 0.5) is 5.82 Å². The summed E-state index contributed by atoms with van der Waals surface area (Å²) in [4.78, 5) is 24.7. The maximum absolute atomic E-state index is 12.0. The number of hydrogen-bond acceptors (Lipinski definition) is 6. The van der Waals surface area contributed by atoms with Gasteiger partial charge in [-0.1, -0.05) is 0 Å². The minimum Gasteiger partial charge on any atom is -0.384 e. The van der Waals surface area contributed by atoms with E-state index < -0.39 is 0 Å². The second-order valence-corrected chi connectivity index (χ2v) is 7.57. The van der Waals surface area contributed by atoms with Crippen LogP contribution >= 0.6 is 0 Å². The number of morpholine rings is 1. The van der Waals surface area contributed by atoms with Crippen molar-refractivity contribution < 1.29 is 9.53 Å². The van der Waals surface area contributed by atoms with Gasteiger partial charge < -0.3 is 19.9 Å². The average molecular weight is 370 g/mol. The second-order valence-electron chi connectivity index (χ2n) is 7.57. The SMILES string of the molecule is CN(C)C(=O)C[C@H]1CN2C[C@H](n3ccnc3-c3ccnc(N)c3)C[C@H]2CO1. The minimum atomic E-state index is -0.0304. The summed E-state index contributed by atoms with van der Waals surface area (Å²) >= 11 is 0. The number of anilines is 1. The minimum absolute atomic E-state index is 0.0304. The molecule has 2 N–H and O–H groups in total. The Labute approximate surface area is 158 Å². The van der Waals surface area contributed by atoms with Crippen LogP contribution in [-0.2, 0) is 9.53 Å². The zero-order valence-corrected chi connectivity index (χ0v) is 15.8. The molecular weight excluding hydrogens is 344 g/mol. The van der Waals surface area contributed by atoms with E-state index in [-0.39, 0.29) is 12.0 Å². The van der Waals surface area contributed by atoms with E-state index in [1.54, 1.807) is 25.2 Å². The van der Waals surface area contributed by atoms with Crippen molar-refractivity contribution in [3.8, 4) is 11.4 Å². The Kier molecular flexibility index (Phi) is 4.84. The normalized spacial score (nSPS) is 25.3. The van der Waals surface area contributed by atoms with Crippen LogP contribution in [0.25, 0.3) is 11.4 Å². The molecule has 144 valence electrons. The van der Waals surface area contributed by atoms with Crippen molar-refractivity contribution in [1.29, 1.82) is 0 Å². The number of nitrogens with two attached hydrogens (primary N) is 1.